The number of hydrogen-bond acceptors (Lipinski definition) is 7. The van der Waals surface area contributed by atoms with Crippen molar-refractivity contribution < 1.29 is 14.3 Å². The molecule has 8 nitrogen and oxygen atoms in total. The number of carbonyl (C=O) groups excluding carboxylic acids is 1. The predicted molar refractivity (Wildman–Crippen MR) is 125 cm³/mol. The molecular weight excluding hydrogens is 438 g/mol. The molecule has 1 spiro atoms. The summed E-state index contributed by atoms with van der Waals surface area (Å²) in [6, 6.07) is 8.52. The first-order chi connectivity index (χ1) is 15.9. The molecule has 0 N–H and O–H groups in total. The fourth-order valence-electron chi connectivity index (χ4n) is 4.63. The van der Waals surface area contributed by atoms with Crippen molar-refractivity contribution in [1.82, 2.24) is 24.5 Å². The molecule has 0 unspecified atom stereocenters. The van der Waals surface area contributed by atoms with Crippen LogP contribution < -0.4 is 0 Å². The van der Waals surface area contributed by atoms with Crippen molar-refractivity contribution in [3.8, 4) is 0 Å². The van der Waals surface area contributed by atoms with Gasteiger partial charge >= 0.3 is 0 Å². The van der Waals surface area contributed by atoms with Crippen LogP contribution in [0.5, 0.6) is 0 Å². The predicted octanol–water partition coefficient (Wildman–Crippen LogP) is 3.10. The molecule has 1 aromatic carbocycles. The monoisotopic (exact) mass is 467 g/mol. The van der Waals surface area contributed by atoms with Crippen LogP contribution in [0.1, 0.15) is 40.9 Å². The second-order valence-electron chi connectivity index (χ2n) is 8.81. The molecule has 5 rings (SSSR count). The lowest BCUT2D eigenvalue weighted by Crippen LogP contribution is -2.47. The molecule has 3 aromatic rings. The van der Waals surface area contributed by atoms with Crippen LogP contribution in [-0.4, -0.2) is 68.2 Å². The molecule has 0 atom stereocenters. The molecule has 9 heteroatoms. The SMILES string of the molecule is Cc1cccc(Cc2c(C)nc3nc(SCC(=O)N4CCC5(CC4)OCCO5)nn3c2C)c1. The highest BCUT2D eigenvalue weighted by atomic mass is 32.2. The van der Waals surface area contributed by atoms with Crippen LogP contribution in [0, 0.1) is 20.8 Å². The Morgan fingerprint density at radius 1 is 1.12 bits per heavy atom. The van der Waals surface area contributed by atoms with Gasteiger partial charge in [0.05, 0.1) is 19.0 Å². The van der Waals surface area contributed by atoms with Crippen LogP contribution in [0.4, 0.5) is 0 Å². The standard InChI is InChI=1S/C24H29N5O3S/c1-16-5-4-6-19(13-16)14-20-17(2)25-22-26-23(27-29(22)18(20)3)33-15-21(30)28-9-7-24(8-10-28)31-11-12-32-24/h4-6,13H,7-12,14-15H2,1-3H3. The number of nitrogens with zero attached hydrogens (tertiary/aromatic N) is 5. The average Bonchev–Trinajstić information content (AvgIpc) is 3.43. The minimum absolute atomic E-state index is 0.0905. The van der Waals surface area contributed by atoms with E-state index in [9.17, 15) is 4.79 Å². The van der Waals surface area contributed by atoms with Crippen molar-refractivity contribution in [3.05, 3.63) is 52.3 Å². The van der Waals surface area contributed by atoms with Gasteiger partial charge in [-0.05, 0) is 31.9 Å². The van der Waals surface area contributed by atoms with Gasteiger partial charge in [-0.1, -0.05) is 41.6 Å². The van der Waals surface area contributed by atoms with Crippen molar-refractivity contribution in [2.45, 2.75) is 51.0 Å². The van der Waals surface area contributed by atoms with E-state index >= 15 is 0 Å². The summed E-state index contributed by atoms with van der Waals surface area (Å²) < 4.78 is 13.3. The number of thioether (sulfide) groups is 1. The van der Waals surface area contributed by atoms with Crippen LogP contribution in [0.15, 0.2) is 29.4 Å². The van der Waals surface area contributed by atoms with Crippen LogP contribution in [0.25, 0.3) is 5.78 Å². The summed E-state index contributed by atoms with van der Waals surface area (Å²) in [5.74, 6) is 0.500. The van der Waals surface area contributed by atoms with Gasteiger partial charge in [-0.25, -0.2) is 9.50 Å². The molecule has 0 aliphatic carbocycles. The van der Waals surface area contributed by atoms with E-state index in [2.05, 4.69) is 53.2 Å². The van der Waals surface area contributed by atoms with Gasteiger partial charge in [0, 0.05) is 43.7 Å². The Balaban J connectivity index is 1.26. The molecule has 0 radical (unpaired) electrons. The first kappa shape index (κ1) is 22.3. The summed E-state index contributed by atoms with van der Waals surface area (Å²) in [5.41, 5.74) is 5.64. The van der Waals surface area contributed by atoms with E-state index in [0.29, 0.717) is 43.0 Å². The molecule has 4 heterocycles. The summed E-state index contributed by atoms with van der Waals surface area (Å²) >= 11 is 1.36. The number of aryl methyl sites for hydroxylation is 3. The lowest BCUT2D eigenvalue weighted by Gasteiger charge is -2.37. The van der Waals surface area contributed by atoms with E-state index in [-0.39, 0.29) is 5.91 Å². The minimum Gasteiger partial charge on any atom is -0.347 e. The van der Waals surface area contributed by atoms with E-state index < -0.39 is 5.79 Å². The lowest BCUT2D eigenvalue weighted by molar-refractivity contribution is -0.186. The zero-order chi connectivity index (χ0) is 23.0. The number of aromatic nitrogens is 4. The largest absolute Gasteiger partial charge is 0.347 e. The van der Waals surface area contributed by atoms with Crippen LogP contribution in [0.3, 0.4) is 0 Å². The number of amides is 1. The Bertz CT molecular complexity index is 1180. The number of rotatable bonds is 5. The van der Waals surface area contributed by atoms with E-state index in [1.54, 1.807) is 4.52 Å². The van der Waals surface area contributed by atoms with Crippen LogP contribution in [-0.2, 0) is 20.7 Å². The first-order valence-electron chi connectivity index (χ1n) is 11.4. The fourth-order valence-corrected chi connectivity index (χ4v) is 5.35. The average molecular weight is 468 g/mol. The maximum absolute atomic E-state index is 12.7. The minimum atomic E-state index is -0.468. The van der Waals surface area contributed by atoms with Gasteiger partial charge in [-0.15, -0.1) is 5.10 Å². The number of ether oxygens (including phenoxy) is 2. The molecule has 174 valence electrons. The fraction of sp³-hybridized carbons (Fsp3) is 0.500. The first-order valence-corrected chi connectivity index (χ1v) is 12.4. The molecule has 0 saturated carbocycles. The van der Waals surface area contributed by atoms with Gasteiger partial charge in [0.1, 0.15) is 0 Å². The molecule has 2 aliphatic rings. The Hall–Kier alpha value is -2.49. The second kappa shape index (κ2) is 9.04. The van der Waals surface area contributed by atoms with Gasteiger partial charge in [0.2, 0.25) is 11.1 Å². The topological polar surface area (TPSA) is 81.9 Å². The van der Waals surface area contributed by atoms with Crippen molar-refractivity contribution >= 4 is 23.4 Å². The molecule has 2 fully saturated rings. The van der Waals surface area contributed by atoms with Gasteiger partial charge < -0.3 is 14.4 Å². The van der Waals surface area contributed by atoms with Crippen LogP contribution >= 0.6 is 11.8 Å². The molecule has 2 saturated heterocycles. The van der Waals surface area contributed by atoms with Gasteiger partial charge in [0.25, 0.3) is 5.78 Å². The lowest BCUT2D eigenvalue weighted by atomic mass is 10.0. The Labute approximate surface area is 197 Å². The normalized spacial score (nSPS) is 17.8. The third kappa shape index (κ3) is 4.62. The van der Waals surface area contributed by atoms with Gasteiger partial charge in [0.15, 0.2) is 5.79 Å². The number of hydrogen-bond donors (Lipinski definition) is 0. The molecule has 1 amide bonds. The van der Waals surface area contributed by atoms with Gasteiger partial charge in [-0.2, -0.15) is 4.98 Å². The molecule has 2 aromatic heterocycles. The summed E-state index contributed by atoms with van der Waals surface area (Å²) in [4.78, 5) is 23.9. The number of fused-ring (bicyclic) bond motifs is 1. The van der Waals surface area contributed by atoms with Crippen molar-refractivity contribution in [1.29, 1.82) is 0 Å². The third-order valence-corrected chi connectivity index (χ3v) is 7.33. The quantitative estimate of drug-likeness (QED) is 0.533. The van der Waals surface area contributed by atoms with Gasteiger partial charge in [-0.3, -0.25) is 4.79 Å². The van der Waals surface area contributed by atoms with E-state index in [4.69, 9.17) is 9.47 Å². The number of likely N-dealkylation sites (tertiary alicyclic amines) is 1. The molecule has 0 bridgehead atoms. The van der Waals surface area contributed by atoms with Crippen molar-refractivity contribution in [3.63, 3.8) is 0 Å². The zero-order valence-electron chi connectivity index (χ0n) is 19.3. The maximum atomic E-state index is 12.7. The molecular formula is C24H29N5O3S. The number of benzene rings is 1. The van der Waals surface area contributed by atoms with E-state index in [0.717, 1.165) is 36.2 Å². The zero-order valence-corrected chi connectivity index (χ0v) is 20.2. The molecule has 2 aliphatic heterocycles. The third-order valence-electron chi connectivity index (χ3n) is 6.51. The van der Waals surface area contributed by atoms with Crippen molar-refractivity contribution in [2.24, 2.45) is 0 Å². The maximum Gasteiger partial charge on any atom is 0.253 e. The highest BCUT2D eigenvalue weighted by Gasteiger charge is 2.40. The summed E-state index contributed by atoms with van der Waals surface area (Å²) in [5, 5.41) is 5.21. The highest BCUT2D eigenvalue weighted by molar-refractivity contribution is 7.99. The smallest absolute Gasteiger partial charge is 0.253 e. The second-order valence-corrected chi connectivity index (χ2v) is 9.75. The van der Waals surface area contributed by atoms with Crippen molar-refractivity contribution in [2.75, 3.05) is 32.1 Å². The Morgan fingerprint density at radius 2 is 1.88 bits per heavy atom. The van der Waals surface area contributed by atoms with E-state index in [1.807, 2.05) is 11.8 Å². The van der Waals surface area contributed by atoms with E-state index in [1.165, 1.54) is 22.9 Å². The van der Waals surface area contributed by atoms with Crippen LogP contribution in [0.2, 0.25) is 0 Å². The molecule has 33 heavy (non-hydrogen) atoms. The Morgan fingerprint density at radius 3 is 2.61 bits per heavy atom. The number of piperidine rings is 1. The summed E-state index contributed by atoms with van der Waals surface area (Å²) in [6.45, 7) is 8.76. The Kier molecular flexibility index (Phi) is 6.11. The highest BCUT2D eigenvalue weighted by Crippen LogP contribution is 2.31. The summed E-state index contributed by atoms with van der Waals surface area (Å²) in [7, 11) is 0. The number of carbonyl (C=O) groups is 1. The summed E-state index contributed by atoms with van der Waals surface area (Å²) in [6.07, 6.45) is 2.25.